The molecule has 0 saturated carbocycles. The third-order valence-electron chi connectivity index (χ3n) is 12.3. The third kappa shape index (κ3) is 6.38. The van der Waals surface area contributed by atoms with Crippen molar-refractivity contribution in [1.82, 2.24) is 0 Å². The smallest absolute Gasteiger partial charge is 0.143 e. The number of hydrogen-bond acceptors (Lipinski definition) is 3. The van der Waals surface area contributed by atoms with Gasteiger partial charge in [-0.3, -0.25) is 0 Å². The fraction of sp³-hybridized carbons (Fsp3) is 0. The SMILES string of the molecule is c1ccc(-c2ccc(-c3ccccc3-c3ccccc3)c(-c3ccccc3N(c3ccc(-c4cccc5c4oc4ccccc45)cc3)c3ccc4oc5ccccc5c4c3)c2)cc1. The summed E-state index contributed by atoms with van der Waals surface area (Å²) in [6, 6.07) is 84.3. The lowest BCUT2D eigenvalue weighted by Gasteiger charge is -2.29. The summed E-state index contributed by atoms with van der Waals surface area (Å²) in [6.07, 6.45) is 0. The van der Waals surface area contributed by atoms with Crippen LogP contribution in [0.4, 0.5) is 17.1 Å². The van der Waals surface area contributed by atoms with Crippen molar-refractivity contribution in [2.45, 2.75) is 0 Å². The van der Waals surface area contributed by atoms with E-state index in [9.17, 15) is 0 Å². The maximum Gasteiger partial charge on any atom is 0.143 e. The number of benzene rings is 10. The molecule has 0 spiro atoms. The van der Waals surface area contributed by atoms with Crippen molar-refractivity contribution in [2.75, 3.05) is 4.90 Å². The second kappa shape index (κ2) is 15.3. The molecule has 0 amide bonds. The summed E-state index contributed by atoms with van der Waals surface area (Å²) < 4.78 is 12.8. The highest BCUT2D eigenvalue weighted by atomic mass is 16.3. The average Bonchev–Trinajstić information content (AvgIpc) is 3.93. The van der Waals surface area contributed by atoms with Gasteiger partial charge in [0.05, 0.1) is 5.69 Å². The Hall–Kier alpha value is -8.40. The van der Waals surface area contributed by atoms with E-state index in [0.717, 1.165) is 94.3 Å². The van der Waals surface area contributed by atoms with Gasteiger partial charge in [0.25, 0.3) is 0 Å². The lowest BCUT2D eigenvalue weighted by molar-refractivity contribution is 0.669. The average molecular weight is 806 g/mol. The van der Waals surface area contributed by atoms with Crippen LogP contribution in [0.2, 0.25) is 0 Å². The second-order valence-electron chi connectivity index (χ2n) is 16.0. The monoisotopic (exact) mass is 805 g/mol. The Morgan fingerprint density at radius 2 is 0.778 bits per heavy atom. The zero-order chi connectivity index (χ0) is 41.7. The van der Waals surface area contributed by atoms with E-state index >= 15 is 0 Å². The highest BCUT2D eigenvalue weighted by Gasteiger charge is 2.23. The van der Waals surface area contributed by atoms with Gasteiger partial charge in [-0.15, -0.1) is 0 Å². The van der Waals surface area contributed by atoms with Gasteiger partial charge in [0, 0.05) is 44.0 Å². The molecule has 0 aliphatic rings. The fourth-order valence-corrected chi connectivity index (χ4v) is 9.34. The predicted octanol–water partition coefficient (Wildman–Crippen LogP) is 17.3. The first-order chi connectivity index (χ1) is 31.2. The van der Waals surface area contributed by atoms with Crippen molar-refractivity contribution in [1.29, 1.82) is 0 Å². The van der Waals surface area contributed by atoms with Gasteiger partial charge in [-0.25, -0.2) is 0 Å². The quantitative estimate of drug-likeness (QED) is 0.153. The Kier molecular flexibility index (Phi) is 8.83. The number of nitrogens with zero attached hydrogens (tertiary/aromatic N) is 1. The van der Waals surface area contributed by atoms with Gasteiger partial charge in [0.2, 0.25) is 0 Å². The molecule has 2 aromatic heterocycles. The van der Waals surface area contributed by atoms with Crippen LogP contribution in [0.3, 0.4) is 0 Å². The van der Waals surface area contributed by atoms with Crippen molar-refractivity contribution in [3.63, 3.8) is 0 Å². The van der Waals surface area contributed by atoms with Gasteiger partial charge in [-0.05, 0) is 99.1 Å². The van der Waals surface area contributed by atoms with Crippen LogP contribution < -0.4 is 4.90 Å². The van der Waals surface area contributed by atoms with Crippen LogP contribution >= 0.6 is 0 Å². The standard InChI is InChI=1S/C60H39NO2/c1-3-16-40(17-4-1)43-32-36-49(48-21-8-7-20-46(48)41-18-5-2-6-19-41)54(38-43)50-22-9-12-27-56(50)61(45-35-37-59-55(39-45)52-24-11-13-28-57(52)62-59)44-33-30-42(31-34-44)47-25-15-26-53-51-23-10-14-29-58(51)63-60(47)53/h1-39H. The molecule has 0 unspecified atom stereocenters. The van der Waals surface area contributed by atoms with Crippen molar-refractivity contribution in [3.05, 3.63) is 237 Å². The molecule has 3 heteroatoms. The first kappa shape index (κ1) is 36.5. The van der Waals surface area contributed by atoms with Crippen LogP contribution in [0.15, 0.2) is 245 Å². The van der Waals surface area contributed by atoms with E-state index in [1.165, 1.54) is 22.3 Å². The van der Waals surface area contributed by atoms with Crippen LogP contribution in [-0.2, 0) is 0 Å². The summed E-state index contributed by atoms with van der Waals surface area (Å²) in [6.45, 7) is 0. The summed E-state index contributed by atoms with van der Waals surface area (Å²) in [4.78, 5) is 2.39. The summed E-state index contributed by atoms with van der Waals surface area (Å²) in [7, 11) is 0. The van der Waals surface area contributed by atoms with E-state index in [2.05, 4.69) is 217 Å². The van der Waals surface area contributed by atoms with Crippen LogP contribution in [0.5, 0.6) is 0 Å². The molecule has 12 aromatic rings. The van der Waals surface area contributed by atoms with E-state index in [0.29, 0.717) is 0 Å². The van der Waals surface area contributed by atoms with Crippen molar-refractivity contribution < 1.29 is 8.83 Å². The van der Waals surface area contributed by atoms with Crippen molar-refractivity contribution in [3.8, 4) is 55.6 Å². The Labute approximate surface area is 365 Å². The number of hydrogen-bond donors (Lipinski definition) is 0. The molecule has 296 valence electrons. The zero-order valence-corrected chi connectivity index (χ0v) is 34.3. The Morgan fingerprint density at radius 3 is 1.56 bits per heavy atom. The van der Waals surface area contributed by atoms with Crippen LogP contribution in [0.1, 0.15) is 0 Å². The predicted molar refractivity (Wildman–Crippen MR) is 263 cm³/mol. The Morgan fingerprint density at radius 1 is 0.254 bits per heavy atom. The van der Waals surface area contributed by atoms with Crippen molar-refractivity contribution in [2.24, 2.45) is 0 Å². The van der Waals surface area contributed by atoms with Gasteiger partial charge in [0.1, 0.15) is 22.3 Å². The summed E-state index contributed by atoms with van der Waals surface area (Å²) >= 11 is 0. The lowest BCUT2D eigenvalue weighted by atomic mass is 9.86. The normalized spacial score (nSPS) is 11.5. The Bertz CT molecular complexity index is 3620. The van der Waals surface area contributed by atoms with Gasteiger partial charge < -0.3 is 13.7 Å². The zero-order valence-electron chi connectivity index (χ0n) is 34.3. The summed E-state index contributed by atoms with van der Waals surface area (Å²) in [5.41, 5.74) is 18.1. The fourth-order valence-electron chi connectivity index (χ4n) is 9.34. The first-order valence-electron chi connectivity index (χ1n) is 21.4. The molecule has 3 nitrogen and oxygen atoms in total. The highest BCUT2D eigenvalue weighted by Crippen LogP contribution is 2.48. The molecule has 2 heterocycles. The number of rotatable bonds is 8. The van der Waals surface area contributed by atoms with E-state index in [4.69, 9.17) is 8.83 Å². The Balaban J connectivity index is 1.08. The maximum absolute atomic E-state index is 6.49. The molecule has 12 rings (SSSR count). The summed E-state index contributed by atoms with van der Waals surface area (Å²) in [5.74, 6) is 0. The minimum atomic E-state index is 0.859. The van der Waals surface area contributed by atoms with Gasteiger partial charge in [-0.1, -0.05) is 182 Å². The topological polar surface area (TPSA) is 29.5 Å². The van der Waals surface area contributed by atoms with Gasteiger partial charge >= 0.3 is 0 Å². The molecule has 0 aliphatic carbocycles. The second-order valence-corrected chi connectivity index (χ2v) is 16.0. The minimum absolute atomic E-state index is 0.859. The number of anilines is 3. The first-order valence-corrected chi connectivity index (χ1v) is 21.4. The molecular weight excluding hydrogens is 767 g/mol. The molecule has 0 atom stereocenters. The molecule has 0 radical (unpaired) electrons. The molecule has 0 fully saturated rings. The van der Waals surface area contributed by atoms with E-state index in [1.807, 2.05) is 24.3 Å². The molecule has 0 N–H and O–H groups in total. The molecular formula is C60H39NO2. The molecule has 10 aromatic carbocycles. The van der Waals surface area contributed by atoms with Crippen LogP contribution in [0, 0.1) is 0 Å². The van der Waals surface area contributed by atoms with E-state index in [1.54, 1.807) is 0 Å². The van der Waals surface area contributed by atoms with E-state index in [-0.39, 0.29) is 0 Å². The maximum atomic E-state index is 6.49. The molecule has 0 aliphatic heterocycles. The molecule has 0 saturated heterocycles. The lowest BCUT2D eigenvalue weighted by Crippen LogP contribution is -2.11. The number of fused-ring (bicyclic) bond motifs is 6. The van der Waals surface area contributed by atoms with Gasteiger partial charge in [0.15, 0.2) is 0 Å². The highest BCUT2D eigenvalue weighted by molar-refractivity contribution is 6.10. The van der Waals surface area contributed by atoms with Crippen LogP contribution in [0.25, 0.3) is 99.5 Å². The largest absolute Gasteiger partial charge is 0.456 e. The van der Waals surface area contributed by atoms with Gasteiger partial charge in [-0.2, -0.15) is 0 Å². The van der Waals surface area contributed by atoms with E-state index < -0.39 is 0 Å². The number of para-hydroxylation sites is 4. The summed E-state index contributed by atoms with van der Waals surface area (Å²) in [5, 5.41) is 4.40. The third-order valence-corrected chi connectivity index (χ3v) is 12.3. The minimum Gasteiger partial charge on any atom is -0.456 e. The molecule has 63 heavy (non-hydrogen) atoms. The molecule has 0 bridgehead atoms. The van der Waals surface area contributed by atoms with Crippen LogP contribution in [-0.4, -0.2) is 0 Å². The van der Waals surface area contributed by atoms with Crippen molar-refractivity contribution >= 4 is 60.9 Å². The number of furan rings is 2.